The molecule has 0 aromatic heterocycles. The molecule has 0 radical (unpaired) electrons. The summed E-state index contributed by atoms with van der Waals surface area (Å²) in [5.41, 5.74) is 3.73. The zero-order valence-electron chi connectivity index (χ0n) is 17.5. The van der Waals surface area contributed by atoms with E-state index in [1.165, 1.54) is 12.1 Å². The number of para-hydroxylation sites is 1. The molecule has 0 atom stereocenters. The molecule has 1 amide bonds. The summed E-state index contributed by atoms with van der Waals surface area (Å²) < 4.78 is 31.7. The number of hydrogen-bond acceptors (Lipinski definition) is 5. The molecule has 0 aliphatic rings. The monoisotopic (exact) mass is 432 g/mol. The second-order valence-electron chi connectivity index (χ2n) is 6.83. The third kappa shape index (κ3) is 6.67. The average Bonchev–Trinajstić information content (AvgIpc) is 2.72. The van der Waals surface area contributed by atoms with Gasteiger partial charge in [0.2, 0.25) is 10.0 Å². The van der Waals surface area contributed by atoms with Crippen molar-refractivity contribution in [3.05, 3.63) is 59.2 Å². The molecule has 0 unspecified atom stereocenters. The first-order valence-corrected chi connectivity index (χ1v) is 11.4. The van der Waals surface area contributed by atoms with Crippen molar-refractivity contribution in [2.75, 3.05) is 18.5 Å². The highest BCUT2D eigenvalue weighted by Crippen LogP contribution is 2.22. The summed E-state index contributed by atoms with van der Waals surface area (Å²) in [5.74, 6) is -1.09. The second-order valence-corrected chi connectivity index (χ2v) is 8.60. The molecule has 0 spiro atoms. The summed E-state index contributed by atoms with van der Waals surface area (Å²) in [6.45, 7) is 5.32. The minimum Gasteiger partial charge on any atom is -0.456 e. The minimum absolute atomic E-state index is 0.116. The maximum absolute atomic E-state index is 12.2. The fourth-order valence-electron chi connectivity index (χ4n) is 2.89. The van der Waals surface area contributed by atoms with Gasteiger partial charge in [-0.05, 0) is 43.0 Å². The third-order valence-electron chi connectivity index (χ3n) is 4.58. The third-order valence-corrected chi connectivity index (χ3v) is 6.06. The molecule has 162 valence electrons. The molecule has 2 aromatic rings. The molecule has 0 heterocycles. The number of carbonyl (C=O) groups excluding carboxylic acids is 2. The average molecular weight is 433 g/mol. The van der Waals surface area contributed by atoms with Crippen LogP contribution in [-0.2, 0) is 37.2 Å². The summed E-state index contributed by atoms with van der Waals surface area (Å²) in [6, 6.07) is 12.2. The zero-order valence-corrected chi connectivity index (χ0v) is 18.3. The molecular weight excluding hydrogens is 404 g/mol. The second kappa shape index (κ2) is 10.9. The molecule has 0 saturated carbocycles. The van der Waals surface area contributed by atoms with E-state index in [0.29, 0.717) is 0 Å². The van der Waals surface area contributed by atoms with E-state index in [-0.39, 0.29) is 17.9 Å². The number of sulfonamides is 1. The van der Waals surface area contributed by atoms with Crippen molar-refractivity contribution < 1.29 is 22.7 Å². The van der Waals surface area contributed by atoms with Gasteiger partial charge in [0.05, 0.1) is 11.3 Å². The van der Waals surface area contributed by atoms with Crippen molar-refractivity contribution in [3.63, 3.8) is 0 Å². The molecule has 2 rings (SSSR count). The number of anilines is 1. The number of esters is 1. The molecule has 0 saturated heterocycles. The van der Waals surface area contributed by atoms with E-state index in [1.54, 1.807) is 12.1 Å². The van der Waals surface area contributed by atoms with Crippen LogP contribution in [0.1, 0.15) is 37.0 Å². The van der Waals surface area contributed by atoms with Crippen molar-refractivity contribution in [1.82, 2.24) is 4.72 Å². The standard InChI is InChI=1S/C22H28N2O5S/c1-4-17-7-6-8-18(5-2)22(17)24-20(25)15-29-21(26)13-14-23-30(27,28)19-11-9-16(3)10-12-19/h6-12,23H,4-5,13-15H2,1-3H3,(H,24,25). The fraction of sp³-hybridized carbons (Fsp3) is 0.364. The van der Waals surface area contributed by atoms with Gasteiger partial charge >= 0.3 is 5.97 Å². The van der Waals surface area contributed by atoms with Crippen LogP contribution >= 0.6 is 0 Å². The number of hydrogen-bond donors (Lipinski definition) is 2. The van der Waals surface area contributed by atoms with E-state index in [1.807, 2.05) is 39.0 Å². The van der Waals surface area contributed by atoms with Crippen molar-refractivity contribution in [2.24, 2.45) is 0 Å². The van der Waals surface area contributed by atoms with Crippen LogP contribution < -0.4 is 10.0 Å². The lowest BCUT2D eigenvalue weighted by Crippen LogP contribution is -2.28. The van der Waals surface area contributed by atoms with Crippen molar-refractivity contribution >= 4 is 27.6 Å². The summed E-state index contributed by atoms with van der Waals surface area (Å²) in [4.78, 5) is 24.2. The van der Waals surface area contributed by atoms with Crippen LogP contribution in [0.5, 0.6) is 0 Å². The van der Waals surface area contributed by atoms with Gasteiger partial charge in [0.25, 0.3) is 5.91 Å². The first-order chi connectivity index (χ1) is 14.3. The van der Waals surface area contributed by atoms with Gasteiger partial charge in [0, 0.05) is 12.2 Å². The number of rotatable bonds is 10. The smallest absolute Gasteiger partial charge is 0.307 e. The van der Waals surface area contributed by atoms with Gasteiger partial charge in [-0.25, -0.2) is 13.1 Å². The SMILES string of the molecule is CCc1cccc(CC)c1NC(=O)COC(=O)CCNS(=O)(=O)c1ccc(C)cc1. The Morgan fingerprint density at radius 3 is 2.13 bits per heavy atom. The number of ether oxygens (including phenoxy) is 1. The number of aryl methyl sites for hydroxylation is 3. The molecule has 0 bridgehead atoms. The van der Waals surface area contributed by atoms with E-state index in [9.17, 15) is 18.0 Å². The first-order valence-electron chi connectivity index (χ1n) is 9.89. The first kappa shape index (κ1) is 23.6. The molecule has 7 nitrogen and oxygen atoms in total. The lowest BCUT2D eigenvalue weighted by Gasteiger charge is -2.14. The molecular formula is C22H28N2O5S. The van der Waals surface area contributed by atoms with Crippen LogP contribution in [0.2, 0.25) is 0 Å². The predicted molar refractivity (Wildman–Crippen MR) is 116 cm³/mol. The normalized spacial score (nSPS) is 11.2. The number of amides is 1. The Morgan fingerprint density at radius 2 is 1.57 bits per heavy atom. The van der Waals surface area contributed by atoms with Crippen molar-refractivity contribution in [2.45, 2.75) is 44.9 Å². The summed E-state index contributed by atoms with van der Waals surface area (Å²) in [6.07, 6.45) is 1.36. The topological polar surface area (TPSA) is 102 Å². The number of benzene rings is 2. The predicted octanol–water partition coefficient (Wildman–Crippen LogP) is 2.97. The van der Waals surface area contributed by atoms with Gasteiger partial charge in [-0.3, -0.25) is 9.59 Å². The highest BCUT2D eigenvalue weighted by Gasteiger charge is 2.15. The number of carbonyl (C=O) groups is 2. The maximum Gasteiger partial charge on any atom is 0.307 e. The van der Waals surface area contributed by atoms with Crippen molar-refractivity contribution in [3.8, 4) is 0 Å². The highest BCUT2D eigenvalue weighted by molar-refractivity contribution is 7.89. The Hall–Kier alpha value is -2.71. The summed E-state index contributed by atoms with van der Waals surface area (Å²) >= 11 is 0. The molecule has 0 aliphatic carbocycles. The van der Waals surface area contributed by atoms with Crippen LogP contribution in [0.15, 0.2) is 47.4 Å². The van der Waals surface area contributed by atoms with E-state index in [4.69, 9.17) is 4.74 Å². The van der Waals surface area contributed by atoms with Gasteiger partial charge in [-0.1, -0.05) is 49.7 Å². The highest BCUT2D eigenvalue weighted by atomic mass is 32.2. The molecule has 0 fully saturated rings. The van der Waals surface area contributed by atoms with E-state index in [2.05, 4.69) is 10.0 Å². The Bertz CT molecular complexity index is 963. The molecule has 8 heteroatoms. The van der Waals surface area contributed by atoms with Gasteiger partial charge < -0.3 is 10.1 Å². The Labute approximate surface area is 177 Å². The molecule has 2 N–H and O–H groups in total. The van der Waals surface area contributed by atoms with Gasteiger partial charge in [0.1, 0.15) is 0 Å². The van der Waals surface area contributed by atoms with Crippen molar-refractivity contribution in [1.29, 1.82) is 0 Å². The molecule has 30 heavy (non-hydrogen) atoms. The largest absolute Gasteiger partial charge is 0.456 e. The Balaban J connectivity index is 1.81. The molecule has 2 aromatic carbocycles. The van der Waals surface area contributed by atoms with Crippen LogP contribution in [0, 0.1) is 6.92 Å². The minimum atomic E-state index is -3.70. The quantitative estimate of drug-likeness (QED) is 0.562. The summed E-state index contributed by atoms with van der Waals surface area (Å²) in [5, 5.41) is 2.82. The zero-order chi connectivity index (χ0) is 22.1. The van der Waals surface area contributed by atoms with E-state index < -0.39 is 28.5 Å². The maximum atomic E-state index is 12.2. The Morgan fingerprint density at radius 1 is 0.967 bits per heavy atom. The molecule has 0 aliphatic heterocycles. The lowest BCUT2D eigenvalue weighted by atomic mass is 10.0. The summed E-state index contributed by atoms with van der Waals surface area (Å²) in [7, 11) is -3.70. The van der Waals surface area contributed by atoms with E-state index >= 15 is 0 Å². The fourth-order valence-corrected chi connectivity index (χ4v) is 3.92. The van der Waals surface area contributed by atoms with Crippen LogP contribution in [0.25, 0.3) is 0 Å². The van der Waals surface area contributed by atoms with Gasteiger partial charge in [-0.15, -0.1) is 0 Å². The van der Waals surface area contributed by atoms with Crippen LogP contribution in [0.4, 0.5) is 5.69 Å². The lowest BCUT2D eigenvalue weighted by molar-refractivity contribution is -0.147. The van der Waals surface area contributed by atoms with Crippen LogP contribution in [-0.4, -0.2) is 33.4 Å². The van der Waals surface area contributed by atoms with Crippen LogP contribution in [0.3, 0.4) is 0 Å². The van der Waals surface area contributed by atoms with E-state index in [0.717, 1.165) is 35.2 Å². The van der Waals surface area contributed by atoms with Gasteiger partial charge in [-0.2, -0.15) is 0 Å². The number of nitrogens with one attached hydrogen (secondary N) is 2. The van der Waals surface area contributed by atoms with Gasteiger partial charge in [0.15, 0.2) is 6.61 Å². The Kier molecular flexibility index (Phi) is 8.56.